The van der Waals surface area contributed by atoms with Gasteiger partial charge in [0.25, 0.3) is 5.56 Å². The minimum absolute atomic E-state index is 0.256. The third kappa shape index (κ3) is 4.34. The van der Waals surface area contributed by atoms with Gasteiger partial charge in [0.05, 0.1) is 0 Å². The molecule has 1 aliphatic rings. The van der Waals surface area contributed by atoms with Gasteiger partial charge in [-0.1, -0.05) is 25.1 Å². The van der Waals surface area contributed by atoms with Crippen LogP contribution in [0, 0.1) is 12.8 Å². The molecule has 1 fully saturated rings. The number of hydrogen-bond donors (Lipinski definition) is 1. The largest absolute Gasteiger partial charge is 0.324 e. The van der Waals surface area contributed by atoms with Crippen molar-refractivity contribution in [2.75, 3.05) is 18.4 Å². The molecule has 7 nitrogen and oxygen atoms in total. The number of aryl methyl sites for hydroxylation is 1. The standard InChI is InChI=1S/C20H25N3O4S/c1-15-9-12-23(13-10-15)28(26,27)18-8-5-11-22(20(18)25)14-19(24)21-17-7-4-3-6-16(17)2/h3-8,11,15H,9-10,12-14H2,1-2H3,(H,21,24). The summed E-state index contributed by atoms with van der Waals surface area (Å²) in [6.07, 6.45) is 2.98. The Balaban J connectivity index is 1.80. The molecule has 0 saturated carbocycles. The van der Waals surface area contributed by atoms with Gasteiger partial charge in [0.2, 0.25) is 15.9 Å². The first kappa shape index (κ1) is 20.3. The Morgan fingerprint density at radius 2 is 1.82 bits per heavy atom. The quantitative estimate of drug-likeness (QED) is 0.829. The lowest BCUT2D eigenvalue weighted by molar-refractivity contribution is -0.116. The summed E-state index contributed by atoms with van der Waals surface area (Å²) in [6, 6.07) is 10.1. The van der Waals surface area contributed by atoms with Crippen molar-refractivity contribution < 1.29 is 13.2 Å². The monoisotopic (exact) mass is 403 g/mol. The molecule has 8 heteroatoms. The number of aromatic nitrogens is 1. The molecule has 0 unspecified atom stereocenters. The minimum Gasteiger partial charge on any atom is -0.324 e. The molecule has 0 bridgehead atoms. The van der Waals surface area contributed by atoms with Crippen LogP contribution in [0.3, 0.4) is 0 Å². The van der Waals surface area contributed by atoms with E-state index in [9.17, 15) is 18.0 Å². The third-order valence-electron chi connectivity index (χ3n) is 5.08. The highest BCUT2D eigenvalue weighted by Gasteiger charge is 2.30. The number of pyridine rings is 1. The number of piperidine rings is 1. The number of nitrogens with one attached hydrogen (secondary N) is 1. The second-order valence-electron chi connectivity index (χ2n) is 7.26. The van der Waals surface area contributed by atoms with Gasteiger partial charge >= 0.3 is 0 Å². The second-order valence-corrected chi connectivity index (χ2v) is 9.16. The van der Waals surface area contributed by atoms with Crippen LogP contribution in [0.5, 0.6) is 0 Å². The van der Waals surface area contributed by atoms with Gasteiger partial charge < -0.3 is 9.88 Å². The van der Waals surface area contributed by atoms with Crippen LogP contribution in [-0.2, 0) is 21.4 Å². The Kier molecular flexibility index (Phi) is 6.00. The molecule has 28 heavy (non-hydrogen) atoms. The van der Waals surface area contributed by atoms with Gasteiger partial charge in [0, 0.05) is 25.0 Å². The fourth-order valence-electron chi connectivity index (χ4n) is 3.26. The van der Waals surface area contributed by atoms with Crippen LogP contribution in [0.4, 0.5) is 5.69 Å². The number of benzene rings is 1. The van der Waals surface area contributed by atoms with Gasteiger partial charge in [-0.25, -0.2) is 8.42 Å². The summed E-state index contributed by atoms with van der Waals surface area (Å²) < 4.78 is 28.3. The van der Waals surface area contributed by atoms with Crippen molar-refractivity contribution in [3.8, 4) is 0 Å². The second kappa shape index (κ2) is 8.28. The van der Waals surface area contributed by atoms with E-state index in [-0.39, 0.29) is 11.4 Å². The highest BCUT2D eigenvalue weighted by molar-refractivity contribution is 7.89. The number of carbonyl (C=O) groups excluding carboxylic acids is 1. The fraction of sp³-hybridized carbons (Fsp3) is 0.400. The molecule has 1 N–H and O–H groups in total. The summed E-state index contributed by atoms with van der Waals surface area (Å²) in [7, 11) is -3.87. The van der Waals surface area contributed by atoms with E-state index in [1.54, 1.807) is 6.07 Å². The third-order valence-corrected chi connectivity index (χ3v) is 6.99. The Morgan fingerprint density at radius 1 is 1.14 bits per heavy atom. The van der Waals surface area contributed by atoms with E-state index in [0.29, 0.717) is 24.7 Å². The summed E-state index contributed by atoms with van der Waals surface area (Å²) in [5.74, 6) is 0.0850. The summed E-state index contributed by atoms with van der Waals surface area (Å²) in [6.45, 7) is 4.52. The van der Waals surface area contributed by atoms with Crippen molar-refractivity contribution in [2.24, 2.45) is 5.92 Å². The maximum Gasteiger partial charge on any atom is 0.271 e. The van der Waals surface area contributed by atoms with Gasteiger partial charge in [-0.2, -0.15) is 4.31 Å². The lowest BCUT2D eigenvalue weighted by Crippen LogP contribution is -2.41. The molecule has 2 aromatic rings. The zero-order valence-electron chi connectivity index (χ0n) is 16.1. The molecular weight excluding hydrogens is 378 g/mol. The van der Waals surface area contributed by atoms with E-state index >= 15 is 0 Å². The zero-order valence-corrected chi connectivity index (χ0v) is 16.9. The van der Waals surface area contributed by atoms with Crippen LogP contribution in [0.2, 0.25) is 0 Å². The molecular formula is C20H25N3O4S. The van der Waals surface area contributed by atoms with Crippen LogP contribution in [0.25, 0.3) is 0 Å². The number of nitrogens with zero attached hydrogens (tertiary/aromatic N) is 2. The van der Waals surface area contributed by atoms with Crippen LogP contribution < -0.4 is 10.9 Å². The first-order valence-electron chi connectivity index (χ1n) is 9.34. The average molecular weight is 404 g/mol. The van der Waals surface area contributed by atoms with Gasteiger partial charge in [-0.05, 0) is 49.4 Å². The average Bonchev–Trinajstić information content (AvgIpc) is 2.65. The van der Waals surface area contributed by atoms with Gasteiger partial charge in [0.1, 0.15) is 11.4 Å². The molecule has 1 aromatic heterocycles. The van der Waals surface area contributed by atoms with Gasteiger partial charge in [-0.15, -0.1) is 0 Å². The van der Waals surface area contributed by atoms with E-state index in [1.807, 2.05) is 25.1 Å². The van der Waals surface area contributed by atoms with Crippen LogP contribution in [0.15, 0.2) is 52.3 Å². The van der Waals surface area contributed by atoms with Crippen molar-refractivity contribution in [1.29, 1.82) is 0 Å². The first-order chi connectivity index (χ1) is 13.3. The van der Waals surface area contributed by atoms with Gasteiger partial charge in [-0.3, -0.25) is 9.59 Å². The van der Waals surface area contributed by atoms with Crippen molar-refractivity contribution >= 4 is 21.6 Å². The molecule has 150 valence electrons. The van der Waals surface area contributed by atoms with Crippen molar-refractivity contribution in [3.63, 3.8) is 0 Å². The number of amides is 1. The Bertz CT molecular complexity index is 1020. The number of carbonyl (C=O) groups is 1. The Morgan fingerprint density at radius 3 is 2.50 bits per heavy atom. The topological polar surface area (TPSA) is 88.5 Å². The molecule has 0 aliphatic carbocycles. The molecule has 2 heterocycles. The highest BCUT2D eigenvalue weighted by atomic mass is 32.2. The van der Waals surface area contributed by atoms with E-state index in [0.717, 1.165) is 23.0 Å². The molecule has 0 radical (unpaired) electrons. The number of sulfonamides is 1. The molecule has 3 rings (SSSR count). The van der Waals surface area contributed by atoms with Crippen molar-refractivity contribution in [3.05, 3.63) is 58.5 Å². The zero-order chi connectivity index (χ0) is 20.3. The smallest absolute Gasteiger partial charge is 0.271 e. The predicted octanol–water partition coefficient (Wildman–Crippen LogP) is 2.22. The van der Waals surface area contributed by atoms with Crippen molar-refractivity contribution in [2.45, 2.75) is 38.1 Å². The normalized spacial score (nSPS) is 16.1. The number of hydrogen-bond acceptors (Lipinski definition) is 4. The fourth-order valence-corrected chi connectivity index (χ4v) is 4.82. The Hall–Kier alpha value is -2.45. The molecule has 1 aromatic carbocycles. The maximum absolute atomic E-state index is 12.9. The van der Waals surface area contributed by atoms with E-state index in [1.165, 1.54) is 22.6 Å². The van der Waals surface area contributed by atoms with Crippen LogP contribution >= 0.6 is 0 Å². The lowest BCUT2D eigenvalue weighted by atomic mass is 10.0. The molecule has 0 spiro atoms. The number of anilines is 1. The van der Waals surface area contributed by atoms with Crippen molar-refractivity contribution in [1.82, 2.24) is 8.87 Å². The van der Waals surface area contributed by atoms with Gasteiger partial charge in [0.15, 0.2) is 0 Å². The molecule has 1 amide bonds. The van der Waals surface area contributed by atoms with E-state index < -0.39 is 21.5 Å². The SMILES string of the molecule is Cc1ccccc1NC(=O)Cn1cccc(S(=O)(=O)N2CCC(C)CC2)c1=O. The molecule has 0 atom stereocenters. The minimum atomic E-state index is -3.87. The molecule has 1 aliphatic heterocycles. The van der Waals surface area contributed by atoms with Crippen LogP contribution in [0.1, 0.15) is 25.3 Å². The highest BCUT2D eigenvalue weighted by Crippen LogP contribution is 2.21. The number of para-hydroxylation sites is 1. The van der Waals surface area contributed by atoms with Crippen LogP contribution in [-0.4, -0.2) is 36.3 Å². The molecule has 1 saturated heterocycles. The van der Waals surface area contributed by atoms with E-state index in [2.05, 4.69) is 12.2 Å². The number of rotatable bonds is 5. The summed E-state index contributed by atoms with van der Waals surface area (Å²) >= 11 is 0. The first-order valence-corrected chi connectivity index (χ1v) is 10.8. The predicted molar refractivity (Wildman–Crippen MR) is 108 cm³/mol. The Labute approximate surface area is 165 Å². The summed E-state index contributed by atoms with van der Waals surface area (Å²) in [5.41, 5.74) is 0.881. The lowest BCUT2D eigenvalue weighted by Gasteiger charge is -2.29. The summed E-state index contributed by atoms with van der Waals surface area (Å²) in [4.78, 5) is 24.8. The summed E-state index contributed by atoms with van der Waals surface area (Å²) in [5, 5.41) is 2.75. The van der Waals surface area contributed by atoms with E-state index in [4.69, 9.17) is 0 Å². The maximum atomic E-state index is 12.9.